The number of aromatic nitrogens is 1. The van der Waals surface area contributed by atoms with E-state index < -0.39 is 5.97 Å². The van der Waals surface area contributed by atoms with E-state index in [4.69, 9.17) is 5.11 Å². The fraction of sp³-hybridized carbons (Fsp3) is 0.222. The summed E-state index contributed by atoms with van der Waals surface area (Å²) in [6, 6.07) is 2.84. The second-order valence-corrected chi connectivity index (χ2v) is 2.64. The van der Waals surface area contributed by atoms with E-state index in [2.05, 4.69) is 10.3 Å². The van der Waals surface area contributed by atoms with E-state index in [0.29, 0.717) is 12.2 Å². The Balaban J connectivity index is 2.73. The lowest BCUT2D eigenvalue weighted by atomic mass is 10.3. The molecule has 0 saturated carbocycles. The summed E-state index contributed by atoms with van der Waals surface area (Å²) in [5, 5.41) is 11.1. The van der Waals surface area contributed by atoms with Crippen LogP contribution in [-0.4, -0.2) is 22.0 Å². The van der Waals surface area contributed by atoms with Gasteiger partial charge in [0, 0.05) is 12.6 Å². The molecule has 0 atom stereocenters. The van der Waals surface area contributed by atoms with Crippen LogP contribution in [0.3, 0.4) is 0 Å². The van der Waals surface area contributed by atoms with E-state index in [1.807, 2.05) is 0 Å². The van der Waals surface area contributed by atoms with Gasteiger partial charge in [-0.2, -0.15) is 0 Å². The van der Waals surface area contributed by atoms with Crippen LogP contribution in [0.5, 0.6) is 0 Å². The highest BCUT2D eigenvalue weighted by Crippen LogP contribution is 2.05. The molecule has 1 rings (SSSR count). The maximum absolute atomic E-state index is 10.9. The number of carbonyl (C=O) groups excluding carboxylic acids is 1. The molecule has 0 saturated heterocycles. The lowest BCUT2D eigenvalue weighted by Gasteiger charge is -2.01. The highest BCUT2D eigenvalue weighted by atomic mass is 16.4. The third kappa shape index (κ3) is 2.55. The van der Waals surface area contributed by atoms with Crippen LogP contribution in [0.2, 0.25) is 0 Å². The largest absolute Gasteiger partial charge is 0.478 e. The minimum Gasteiger partial charge on any atom is -0.478 e. The number of nitrogens with one attached hydrogen (secondary N) is 1. The number of carboxylic acid groups (broad SMARTS) is 1. The second-order valence-electron chi connectivity index (χ2n) is 2.64. The van der Waals surface area contributed by atoms with Crippen molar-refractivity contribution in [2.24, 2.45) is 0 Å². The summed E-state index contributed by atoms with van der Waals surface area (Å²) in [6.07, 6.45) is 1.57. The molecule has 14 heavy (non-hydrogen) atoms. The molecular formula is C9H10N2O3. The normalized spacial score (nSPS) is 9.50. The van der Waals surface area contributed by atoms with Gasteiger partial charge in [0.1, 0.15) is 5.82 Å². The molecule has 74 valence electrons. The van der Waals surface area contributed by atoms with Crippen molar-refractivity contribution in [2.75, 3.05) is 5.32 Å². The zero-order chi connectivity index (χ0) is 10.6. The van der Waals surface area contributed by atoms with Crippen LogP contribution in [0, 0.1) is 0 Å². The molecule has 0 radical (unpaired) electrons. The quantitative estimate of drug-likeness (QED) is 0.755. The predicted octanol–water partition coefficient (Wildman–Crippen LogP) is 1.13. The van der Waals surface area contributed by atoms with Gasteiger partial charge in [0.15, 0.2) is 0 Å². The Kier molecular flexibility index (Phi) is 3.17. The van der Waals surface area contributed by atoms with Gasteiger partial charge >= 0.3 is 5.97 Å². The van der Waals surface area contributed by atoms with E-state index in [1.54, 1.807) is 6.92 Å². The van der Waals surface area contributed by atoms with Crippen LogP contribution in [-0.2, 0) is 4.79 Å². The predicted molar refractivity (Wildman–Crippen MR) is 50.1 cm³/mol. The Bertz CT molecular complexity index is 346. The summed E-state index contributed by atoms with van der Waals surface area (Å²) >= 11 is 0. The summed E-state index contributed by atoms with van der Waals surface area (Å²) < 4.78 is 0. The first kappa shape index (κ1) is 10.2. The van der Waals surface area contributed by atoms with Crippen molar-refractivity contribution in [1.82, 2.24) is 4.98 Å². The summed E-state index contributed by atoms with van der Waals surface area (Å²) in [7, 11) is 0. The Hall–Kier alpha value is -1.91. The van der Waals surface area contributed by atoms with Crippen molar-refractivity contribution in [3.05, 3.63) is 23.9 Å². The zero-order valence-electron chi connectivity index (χ0n) is 7.65. The number of aromatic carboxylic acids is 1. The number of nitrogens with zero attached hydrogens (tertiary/aromatic N) is 1. The molecule has 5 heteroatoms. The number of rotatable bonds is 3. The fourth-order valence-electron chi connectivity index (χ4n) is 0.826. The molecule has 0 aliphatic carbocycles. The minimum atomic E-state index is -1.04. The van der Waals surface area contributed by atoms with Crippen LogP contribution in [0.4, 0.5) is 5.82 Å². The molecule has 0 bridgehead atoms. The number of carbonyl (C=O) groups is 2. The van der Waals surface area contributed by atoms with Gasteiger partial charge in [-0.25, -0.2) is 9.78 Å². The van der Waals surface area contributed by atoms with Gasteiger partial charge in [0.25, 0.3) is 0 Å². The molecule has 1 aromatic heterocycles. The summed E-state index contributed by atoms with van der Waals surface area (Å²) in [5.74, 6) is -0.826. The van der Waals surface area contributed by atoms with Crippen molar-refractivity contribution in [1.29, 1.82) is 0 Å². The SMILES string of the molecule is CCC(=O)Nc1ccc(C(=O)O)cn1. The second kappa shape index (κ2) is 4.36. The van der Waals surface area contributed by atoms with Gasteiger partial charge in [-0.3, -0.25) is 4.79 Å². The van der Waals surface area contributed by atoms with Crippen LogP contribution < -0.4 is 5.32 Å². The summed E-state index contributed by atoms with van der Waals surface area (Å²) in [4.78, 5) is 25.2. The Morgan fingerprint density at radius 3 is 2.64 bits per heavy atom. The number of hydrogen-bond acceptors (Lipinski definition) is 3. The van der Waals surface area contributed by atoms with Crippen molar-refractivity contribution in [2.45, 2.75) is 13.3 Å². The third-order valence-electron chi connectivity index (χ3n) is 1.60. The first-order chi connectivity index (χ1) is 6.63. The third-order valence-corrected chi connectivity index (χ3v) is 1.60. The summed E-state index contributed by atoms with van der Waals surface area (Å²) in [5.41, 5.74) is 0.0968. The first-order valence-corrected chi connectivity index (χ1v) is 4.12. The molecule has 5 nitrogen and oxygen atoms in total. The number of carboxylic acids is 1. The maximum Gasteiger partial charge on any atom is 0.337 e. The Morgan fingerprint density at radius 2 is 2.21 bits per heavy atom. The molecule has 0 unspecified atom stereocenters. The van der Waals surface area contributed by atoms with Gasteiger partial charge in [-0.15, -0.1) is 0 Å². The molecule has 1 heterocycles. The molecule has 0 fully saturated rings. The highest BCUT2D eigenvalue weighted by Gasteiger charge is 2.04. The topological polar surface area (TPSA) is 79.3 Å². The van der Waals surface area contributed by atoms with Crippen LogP contribution in [0.25, 0.3) is 0 Å². The smallest absolute Gasteiger partial charge is 0.337 e. The molecule has 2 N–H and O–H groups in total. The highest BCUT2D eigenvalue weighted by molar-refractivity contribution is 5.90. The standard InChI is InChI=1S/C9H10N2O3/c1-2-8(12)11-7-4-3-6(5-10-7)9(13)14/h3-5H,2H2,1H3,(H,13,14)(H,10,11,12). The van der Waals surface area contributed by atoms with Crippen molar-refractivity contribution >= 4 is 17.7 Å². The monoisotopic (exact) mass is 194 g/mol. The molecule has 0 aromatic carbocycles. The van der Waals surface area contributed by atoms with E-state index in [9.17, 15) is 9.59 Å². The average molecular weight is 194 g/mol. The van der Waals surface area contributed by atoms with Gasteiger partial charge in [0.05, 0.1) is 5.56 Å². The molecule has 1 amide bonds. The molecule has 0 spiro atoms. The number of pyridine rings is 1. The summed E-state index contributed by atoms with van der Waals surface area (Å²) in [6.45, 7) is 1.72. The van der Waals surface area contributed by atoms with E-state index in [1.165, 1.54) is 18.3 Å². The van der Waals surface area contributed by atoms with Gasteiger partial charge < -0.3 is 10.4 Å². The maximum atomic E-state index is 10.9. The Morgan fingerprint density at radius 1 is 1.50 bits per heavy atom. The average Bonchev–Trinajstić information content (AvgIpc) is 2.18. The fourth-order valence-corrected chi connectivity index (χ4v) is 0.826. The van der Waals surface area contributed by atoms with Crippen molar-refractivity contribution in [3.8, 4) is 0 Å². The Labute approximate surface area is 80.8 Å². The van der Waals surface area contributed by atoms with E-state index in [-0.39, 0.29) is 11.5 Å². The number of amides is 1. The van der Waals surface area contributed by atoms with Crippen LogP contribution >= 0.6 is 0 Å². The minimum absolute atomic E-state index is 0.0968. The van der Waals surface area contributed by atoms with Crippen molar-refractivity contribution < 1.29 is 14.7 Å². The van der Waals surface area contributed by atoms with Gasteiger partial charge in [-0.05, 0) is 12.1 Å². The number of hydrogen-bond donors (Lipinski definition) is 2. The molecule has 0 aliphatic rings. The van der Waals surface area contributed by atoms with Gasteiger partial charge in [0.2, 0.25) is 5.91 Å². The van der Waals surface area contributed by atoms with E-state index in [0.717, 1.165) is 0 Å². The lowest BCUT2D eigenvalue weighted by molar-refractivity contribution is -0.115. The molecule has 0 aliphatic heterocycles. The van der Waals surface area contributed by atoms with E-state index >= 15 is 0 Å². The first-order valence-electron chi connectivity index (χ1n) is 4.12. The van der Waals surface area contributed by atoms with Gasteiger partial charge in [-0.1, -0.05) is 6.92 Å². The zero-order valence-corrected chi connectivity index (χ0v) is 7.65. The molecular weight excluding hydrogens is 184 g/mol. The molecule has 1 aromatic rings. The van der Waals surface area contributed by atoms with Crippen molar-refractivity contribution in [3.63, 3.8) is 0 Å². The number of anilines is 1. The lowest BCUT2D eigenvalue weighted by Crippen LogP contribution is -2.11. The van der Waals surface area contributed by atoms with Crippen LogP contribution in [0.1, 0.15) is 23.7 Å². The van der Waals surface area contributed by atoms with Crippen LogP contribution in [0.15, 0.2) is 18.3 Å².